The van der Waals surface area contributed by atoms with Crippen LogP contribution in [0, 0.1) is 0 Å². The highest BCUT2D eigenvalue weighted by Crippen LogP contribution is 2.54. The van der Waals surface area contributed by atoms with Crippen LogP contribution < -0.4 is 0 Å². The van der Waals surface area contributed by atoms with Gasteiger partial charge in [-0.2, -0.15) is 8.78 Å². The Bertz CT molecular complexity index is 143. The van der Waals surface area contributed by atoms with E-state index in [1.165, 1.54) is 0 Å². The predicted octanol–water partition coefficient (Wildman–Crippen LogP) is 1.28. The van der Waals surface area contributed by atoms with Gasteiger partial charge in [0.15, 0.2) is 0 Å². The van der Waals surface area contributed by atoms with Gasteiger partial charge in [-0.15, -0.1) is 0 Å². The highest BCUT2D eigenvalue weighted by Gasteiger charge is 2.41. The minimum Gasteiger partial charge on any atom is -0.341 e. The number of halogens is 2. The van der Waals surface area contributed by atoms with Gasteiger partial charge in [-0.3, -0.25) is 0 Å². The highest BCUT2D eigenvalue weighted by molar-refractivity contribution is 8.09. The molecule has 2 nitrogen and oxygen atoms in total. The van der Waals surface area contributed by atoms with E-state index in [2.05, 4.69) is 11.8 Å². The highest BCUT2D eigenvalue weighted by atomic mass is 32.5. The molecule has 6 heteroatoms. The van der Waals surface area contributed by atoms with Crippen LogP contribution in [0.2, 0.25) is 0 Å². The van der Waals surface area contributed by atoms with E-state index in [4.69, 9.17) is 9.79 Å². The van der Waals surface area contributed by atoms with E-state index in [1.54, 1.807) is 0 Å². The van der Waals surface area contributed by atoms with Gasteiger partial charge in [-0.25, -0.2) is 0 Å². The third-order valence-electron chi connectivity index (χ3n) is 0.852. The lowest BCUT2D eigenvalue weighted by Crippen LogP contribution is -2.13. The van der Waals surface area contributed by atoms with Crippen molar-refractivity contribution < 1.29 is 18.6 Å². The van der Waals surface area contributed by atoms with Crippen LogP contribution in [-0.4, -0.2) is 15.5 Å². The van der Waals surface area contributed by atoms with Crippen molar-refractivity contribution in [2.75, 3.05) is 0 Å². The van der Waals surface area contributed by atoms with E-state index in [9.17, 15) is 8.78 Å². The first-order chi connectivity index (χ1) is 3.81. The van der Waals surface area contributed by atoms with Crippen molar-refractivity contribution in [3.63, 3.8) is 0 Å². The molecule has 0 aliphatic carbocycles. The molecule has 0 saturated heterocycles. The molecule has 0 aliphatic rings. The first-order valence-electron chi connectivity index (χ1n) is 2.24. The van der Waals surface area contributed by atoms with Gasteiger partial charge >= 0.3 is 5.66 Å². The van der Waals surface area contributed by atoms with Gasteiger partial charge in [0.25, 0.3) is 6.49 Å². The number of hydrogen-bond donors (Lipinski definition) is 2. The van der Waals surface area contributed by atoms with Crippen LogP contribution in [-0.2, 0) is 11.8 Å². The molecule has 2 N–H and O–H groups in total. The molecule has 0 aromatic heterocycles. The summed E-state index contributed by atoms with van der Waals surface area (Å²) >= 11 is 3.79. The lowest BCUT2D eigenvalue weighted by atomic mass is 10.5. The molecule has 0 unspecified atom stereocenters. The Kier molecular flexibility index (Phi) is 2.70. The minimum atomic E-state index is -4.37. The van der Waals surface area contributed by atoms with Crippen LogP contribution in [0.3, 0.4) is 0 Å². The van der Waals surface area contributed by atoms with Crippen molar-refractivity contribution in [3.8, 4) is 0 Å². The zero-order chi connectivity index (χ0) is 7.71. The summed E-state index contributed by atoms with van der Waals surface area (Å²) in [5, 5.41) is 0. The molecule has 56 valence electrons. The number of rotatable bonds is 2. The fourth-order valence-electron chi connectivity index (χ4n) is 0.206. The Morgan fingerprint density at radius 3 is 1.89 bits per heavy atom. The first kappa shape index (κ1) is 9.43. The van der Waals surface area contributed by atoms with Gasteiger partial charge in [-0.1, -0.05) is 6.92 Å². The molecule has 0 rings (SSSR count). The lowest BCUT2D eigenvalue weighted by molar-refractivity contribution is 0.0701. The summed E-state index contributed by atoms with van der Waals surface area (Å²) in [5.41, 5.74) is -3.48. The zero-order valence-corrected chi connectivity index (χ0v) is 6.42. The summed E-state index contributed by atoms with van der Waals surface area (Å²) < 4.78 is 24.2. The van der Waals surface area contributed by atoms with Crippen molar-refractivity contribution in [1.82, 2.24) is 0 Å². The van der Waals surface area contributed by atoms with E-state index in [0.717, 1.165) is 6.92 Å². The Morgan fingerprint density at radius 2 is 1.89 bits per heavy atom. The molecule has 0 aromatic carbocycles. The largest absolute Gasteiger partial charge is 0.341 e. The summed E-state index contributed by atoms with van der Waals surface area (Å²) in [7, 11) is 0. The van der Waals surface area contributed by atoms with Gasteiger partial charge in [0.1, 0.15) is 0 Å². The van der Waals surface area contributed by atoms with Crippen LogP contribution in [0.4, 0.5) is 8.78 Å². The van der Waals surface area contributed by atoms with E-state index in [1.807, 2.05) is 0 Å². The van der Waals surface area contributed by atoms with Crippen LogP contribution >= 0.6 is 6.49 Å². The predicted molar refractivity (Wildman–Crippen MR) is 34.0 cm³/mol. The number of alkyl halides is 2. The van der Waals surface area contributed by atoms with Crippen molar-refractivity contribution >= 4 is 18.3 Å². The maximum absolute atomic E-state index is 12.1. The maximum atomic E-state index is 12.1. The van der Waals surface area contributed by atoms with Gasteiger partial charge < -0.3 is 9.79 Å². The second-order valence-electron chi connectivity index (χ2n) is 1.56. The lowest BCUT2D eigenvalue weighted by Gasteiger charge is -2.17. The molecule has 0 aromatic rings. The Hall–Kier alpha value is 0.430. The van der Waals surface area contributed by atoms with Crippen LogP contribution in [0.15, 0.2) is 0 Å². The van der Waals surface area contributed by atoms with Gasteiger partial charge in [-0.05, 0) is 11.8 Å². The van der Waals surface area contributed by atoms with Crippen LogP contribution in [0.5, 0.6) is 0 Å². The first-order valence-corrected chi connectivity index (χ1v) is 4.95. The molecular weight excluding hydrogens is 169 g/mol. The van der Waals surface area contributed by atoms with E-state index < -0.39 is 18.6 Å². The van der Waals surface area contributed by atoms with E-state index >= 15 is 0 Å². The van der Waals surface area contributed by atoms with Crippen molar-refractivity contribution in [2.45, 2.75) is 19.0 Å². The fraction of sp³-hybridized carbons (Fsp3) is 1.00. The van der Waals surface area contributed by atoms with Crippen molar-refractivity contribution in [3.05, 3.63) is 0 Å². The molecule has 0 heterocycles. The normalized spacial score (nSPS) is 13.9. The third-order valence-corrected chi connectivity index (χ3v) is 2.82. The summed E-state index contributed by atoms with van der Waals surface area (Å²) in [6.45, 7) is -3.22. The monoisotopic (exact) mass is 176 g/mol. The zero-order valence-electron chi connectivity index (χ0n) is 4.71. The van der Waals surface area contributed by atoms with Crippen molar-refractivity contribution in [1.29, 1.82) is 0 Å². The average molecular weight is 176 g/mol. The van der Waals surface area contributed by atoms with E-state index in [0.29, 0.717) is 0 Å². The molecule has 0 amide bonds. The summed E-state index contributed by atoms with van der Waals surface area (Å²) in [6.07, 6.45) is -0.628. The maximum Gasteiger partial charge on any atom is 0.320 e. The standard InChI is InChI=1S/C3H7F2O2PS/c1-2-3(4,5)8(6,7)9/h2H2,1H3,(H2,6,7,9). The quantitative estimate of drug-likeness (QED) is 0.622. The molecule has 0 bridgehead atoms. The molecule has 0 atom stereocenters. The third kappa shape index (κ3) is 2.26. The second-order valence-corrected chi connectivity index (χ2v) is 4.83. The van der Waals surface area contributed by atoms with E-state index in [-0.39, 0.29) is 0 Å². The molecule has 0 fully saturated rings. The van der Waals surface area contributed by atoms with Crippen LogP contribution in [0.25, 0.3) is 0 Å². The van der Waals surface area contributed by atoms with Gasteiger partial charge in [0, 0.05) is 6.42 Å². The topological polar surface area (TPSA) is 40.5 Å². The second kappa shape index (κ2) is 2.58. The molecule has 9 heavy (non-hydrogen) atoms. The van der Waals surface area contributed by atoms with Gasteiger partial charge in [0.2, 0.25) is 0 Å². The SMILES string of the molecule is CCC(F)(F)P(O)(O)=S. The number of hydrogen-bond acceptors (Lipinski definition) is 1. The minimum absolute atomic E-state index is 0.628. The Morgan fingerprint density at radius 1 is 1.56 bits per heavy atom. The van der Waals surface area contributed by atoms with Crippen molar-refractivity contribution in [2.24, 2.45) is 0 Å². The fourth-order valence-corrected chi connectivity index (χ4v) is 1.01. The molecule has 0 aliphatic heterocycles. The summed E-state index contributed by atoms with van der Waals surface area (Å²) in [6, 6.07) is 0. The Balaban J connectivity index is 4.34. The smallest absolute Gasteiger partial charge is 0.320 e. The van der Waals surface area contributed by atoms with Gasteiger partial charge in [0.05, 0.1) is 0 Å². The van der Waals surface area contributed by atoms with Crippen LogP contribution in [0.1, 0.15) is 13.3 Å². The molecule has 0 spiro atoms. The molecule has 0 saturated carbocycles. The average Bonchev–Trinajstić information content (AvgIpc) is 1.64. The Labute approximate surface area is 56.7 Å². The molecule has 0 radical (unpaired) electrons. The summed E-state index contributed by atoms with van der Waals surface area (Å²) in [5.74, 6) is 0. The molecular formula is C3H7F2O2PS. The summed E-state index contributed by atoms with van der Waals surface area (Å²) in [4.78, 5) is 16.6.